The lowest BCUT2D eigenvalue weighted by Crippen LogP contribution is -2.05. The Balaban J connectivity index is 1.67. The molecule has 0 aliphatic heterocycles. The molecule has 0 amide bonds. The lowest BCUT2D eigenvalue weighted by Gasteiger charge is -2.09. The Labute approximate surface area is 141 Å². The molecule has 0 spiro atoms. The maximum atomic E-state index is 5.64. The monoisotopic (exact) mass is 326 g/mol. The summed E-state index contributed by atoms with van der Waals surface area (Å²) >= 11 is 0. The van der Waals surface area contributed by atoms with Gasteiger partial charge in [-0.3, -0.25) is 4.68 Å². The molecule has 126 valence electrons. The van der Waals surface area contributed by atoms with Crippen LogP contribution in [0.1, 0.15) is 11.3 Å². The van der Waals surface area contributed by atoms with Crippen LogP contribution in [0.15, 0.2) is 36.5 Å². The van der Waals surface area contributed by atoms with Crippen molar-refractivity contribution in [3.63, 3.8) is 0 Å². The molecule has 0 aliphatic rings. The number of anilines is 1. The number of aromatic nitrogens is 3. The molecule has 3 rings (SSSR count). The molecule has 1 aromatic carbocycles. The van der Waals surface area contributed by atoms with Crippen LogP contribution in [0.4, 0.5) is 5.69 Å². The van der Waals surface area contributed by atoms with E-state index in [4.69, 9.17) is 9.47 Å². The average Bonchev–Trinajstić information content (AvgIpc) is 2.88. The van der Waals surface area contributed by atoms with Gasteiger partial charge in [-0.05, 0) is 30.7 Å². The molecule has 2 aromatic heterocycles. The zero-order valence-electron chi connectivity index (χ0n) is 14.2. The Morgan fingerprint density at radius 1 is 1.21 bits per heavy atom. The minimum absolute atomic E-state index is 0.550. The number of aryl methyl sites for hydroxylation is 2. The van der Waals surface area contributed by atoms with Crippen molar-refractivity contribution < 1.29 is 9.47 Å². The summed E-state index contributed by atoms with van der Waals surface area (Å²) in [7, 11) is 3.57. The Bertz CT molecular complexity index is 829. The third-order valence-corrected chi connectivity index (χ3v) is 3.81. The van der Waals surface area contributed by atoms with Crippen molar-refractivity contribution in [3.8, 4) is 5.75 Å². The van der Waals surface area contributed by atoms with Crippen LogP contribution in [-0.2, 0) is 18.3 Å². The summed E-state index contributed by atoms with van der Waals surface area (Å²) in [5.74, 6) is 0.850. The van der Waals surface area contributed by atoms with E-state index in [9.17, 15) is 0 Å². The molecule has 0 radical (unpaired) electrons. The first-order chi connectivity index (χ1) is 11.7. The molecule has 0 atom stereocenters. The number of fused-ring (bicyclic) bond motifs is 1. The van der Waals surface area contributed by atoms with E-state index in [0.29, 0.717) is 19.8 Å². The van der Waals surface area contributed by atoms with Gasteiger partial charge in [-0.1, -0.05) is 12.1 Å². The van der Waals surface area contributed by atoms with E-state index >= 15 is 0 Å². The van der Waals surface area contributed by atoms with Gasteiger partial charge < -0.3 is 14.8 Å². The Kier molecular flexibility index (Phi) is 4.96. The van der Waals surface area contributed by atoms with Gasteiger partial charge >= 0.3 is 0 Å². The van der Waals surface area contributed by atoms with E-state index in [1.807, 2.05) is 38.4 Å². The highest BCUT2D eigenvalue weighted by atomic mass is 16.5. The van der Waals surface area contributed by atoms with Crippen LogP contribution in [0.3, 0.4) is 0 Å². The first-order valence-electron chi connectivity index (χ1n) is 7.91. The maximum absolute atomic E-state index is 5.64. The molecule has 1 N–H and O–H groups in total. The number of hydrogen-bond acceptors (Lipinski definition) is 5. The van der Waals surface area contributed by atoms with E-state index in [1.165, 1.54) is 0 Å². The second-order valence-corrected chi connectivity index (χ2v) is 5.65. The van der Waals surface area contributed by atoms with Gasteiger partial charge in [-0.25, -0.2) is 4.98 Å². The van der Waals surface area contributed by atoms with Crippen LogP contribution < -0.4 is 10.1 Å². The number of benzene rings is 1. The third-order valence-electron chi connectivity index (χ3n) is 3.81. The van der Waals surface area contributed by atoms with E-state index in [2.05, 4.69) is 27.5 Å². The third kappa shape index (κ3) is 3.65. The molecule has 6 heteroatoms. The van der Waals surface area contributed by atoms with Gasteiger partial charge in [0.15, 0.2) is 5.65 Å². The van der Waals surface area contributed by atoms with E-state index in [0.717, 1.165) is 33.7 Å². The molecule has 0 unspecified atom stereocenters. The smallest absolute Gasteiger partial charge is 0.157 e. The molecule has 0 fully saturated rings. The minimum atomic E-state index is 0.550. The molecule has 0 saturated carbocycles. The Hall–Kier alpha value is -2.60. The highest BCUT2D eigenvalue weighted by molar-refractivity contribution is 5.81. The largest absolute Gasteiger partial charge is 0.491 e. The number of nitrogens with zero attached hydrogens (tertiary/aromatic N) is 3. The van der Waals surface area contributed by atoms with Gasteiger partial charge in [-0.2, -0.15) is 5.10 Å². The summed E-state index contributed by atoms with van der Waals surface area (Å²) in [5, 5.41) is 8.87. The summed E-state index contributed by atoms with van der Waals surface area (Å²) in [6, 6.07) is 10.1. The summed E-state index contributed by atoms with van der Waals surface area (Å²) in [5.41, 5.74) is 4.00. The number of rotatable bonds is 7. The highest BCUT2D eigenvalue weighted by Crippen LogP contribution is 2.20. The summed E-state index contributed by atoms with van der Waals surface area (Å²) < 4.78 is 12.4. The number of nitrogens with one attached hydrogen (secondary N) is 1. The van der Waals surface area contributed by atoms with Crippen molar-refractivity contribution in [3.05, 3.63) is 47.8 Å². The first-order valence-corrected chi connectivity index (χ1v) is 7.91. The van der Waals surface area contributed by atoms with Crippen molar-refractivity contribution in [2.45, 2.75) is 13.5 Å². The van der Waals surface area contributed by atoms with Crippen LogP contribution in [0.2, 0.25) is 0 Å². The molecular weight excluding hydrogens is 304 g/mol. The zero-order chi connectivity index (χ0) is 16.9. The van der Waals surface area contributed by atoms with E-state index in [1.54, 1.807) is 11.8 Å². The molecule has 24 heavy (non-hydrogen) atoms. The van der Waals surface area contributed by atoms with Gasteiger partial charge in [0.05, 0.1) is 24.2 Å². The average molecular weight is 326 g/mol. The number of pyridine rings is 1. The van der Waals surface area contributed by atoms with Crippen LogP contribution in [0, 0.1) is 6.92 Å². The SMILES string of the molecule is COCCOc1cccc(CNc2cnc3c(c2)c(C)nn3C)c1. The molecular formula is C18H22N4O2. The Morgan fingerprint density at radius 3 is 2.92 bits per heavy atom. The number of methoxy groups -OCH3 is 1. The lowest BCUT2D eigenvalue weighted by molar-refractivity contribution is 0.146. The fraction of sp³-hybridized carbons (Fsp3) is 0.333. The van der Waals surface area contributed by atoms with Gasteiger partial charge in [-0.15, -0.1) is 0 Å². The summed E-state index contributed by atoms with van der Waals surface area (Å²) in [6.07, 6.45) is 1.84. The second kappa shape index (κ2) is 7.31. The van der Waals surface area contributed by atoms with Crippen molar-refractivity contribution in [2.75, 3.05) is 25.6 Å². The van der Waals surface area contributed by atoms with E-state index in [-0.39, 0.29) is 0 Å². The van der Waals surface area contributed by atoms with Crippen molar-refractivity contribution in [2.24, 2.45) is 7.05 Å². The first kappa shape index (κ1) is 16.3. The van der Waals surface area contributed by atoms with Crippen LogP contribution in [0.5, 0.6) is 5.75 Å². The summed E-state index contributed by atoms with van der Waals surface area (Å²) in [4.78, 5) is 4.48. The predicted molar refractivity (Wildman–Crippen MR) is 94.4 cm³/mol. The van der Waals surface area contributed by atoms with Gasteiger partial charge in [0.2, 0.25) is 0 Å². The molecule has 3 aromatic rings. The summed E-state index contributed by atoms with van der Waals surface area (Å²) in [6.45, 7) is 3.83. The normalized spacial score (nSPS) is 11.0. The molecule has 2 heterocycles. The zero-order valence-corrected chi connectivity index (χ0v) is 14.2. The number of ether oxygens (including phenoxy) is 2. The Morgan fingerprint density at radius 2 is 2.08 bits per heavy atom. The van der Waals surface area contributed by atoms with Crippen LogP contribution in [0.25, 0.3) is 11.0 Å². The molecule has 6 nitrogen and oxygen atoms in total. The van der Waals surface area contributed by atoms with Gasteiger partial charge in [0, 0.05) is 26.1 Å². The second-order valence-electron chi connectivity index (χ2n) is 5.65. The minimum Gasteiger partial charge on any atom is -0.491 e. The topological polar surface area (TPSA) is 61.2 Å². The van der Waals surface area contributed by atoms with Crippen LogP contribution >= 0.6 is 0 Å². The maximum Gasteiger partial charge on any atom is 0.157 e. The highest BCUT2D eigenvalue weighted by Gasteiger charge is 2.07. The van der Waals surface area contributed by atoms with Crippen LogP contribution in [-0.4, -0.2) is 35.1 Å². The van der Waals surface area contributed by atoms with Crippen molar-refractivity contribution >= 4 is 16.7 Å². The standard InChI is InChI=1S/C18H22N4O2/c1-13-17-10-15(12-20-18(17)22(2)21-13)19-11-14-5-4-6-16(9-14)24-8-7-23-3/h4-6,9-10,12,19H,7-8,11H2,1-3H3. The fourth-order valence-electron chi connectivity index (χ4n) is 2.60. The lowest BCUT2D eigenvalue weighted by atomic mass is 10.2. The predicted octanol–water partition coefficient (Wildman–Crippen LogP) is 2.91. The molecule has 0 bridgehead atoms. The molecule has 0 saturated heterocycles. The quantitative estimate of drug-likeness (QED) is 0.677. The molecule has 0 aliphatic carbocycles. The van der Waals surface area contributed by atoms with Gasteiger partial charge in [0.25, 0.3) is 0 Å². The number of hydrogen-bond donors (Lipinski definition) is 1. The van der Waals surface area contributed by atoms with Gasteiger partial charge in [0.1, 0.15) is 12.4 Å². The van der Waals surface area contributed by atoms with Crippen molar-refractivity contribution in [1.29, 1.82) is 0 Å². The van der Waals surface area contributed by atoms with E-state index < -0.39 is 0 Å². The van der Waals surface area contributed by atoms with Crippen molar-refractivity contribution in [1.82, 2.24) is 14.8 Å². The fourth-order valence-corrected chi connectivity index (χ4v) is 2.60.